The largest absolute Gasteiger partial charge is 0.303 e. The summed E-state index contributed by atoms with van der Waals surface area (Å²) < 4.78 is 3.61. The third-order valence-corrected chi connectivity index (χ3v) is 13.9. The van der Waals surface area contributed by atoms with E-state index in [-0.39, 0.29) is 5.78 Å². The third kappa shape index (κ3) is 11.2. The molecule has 3 nitrogen and oxygen atoms in total. The average molecular weight is 738 g/mol. The number of hydrogen-bond donors (Lipinski definition) is 0. The van der Waals surface area contributed by atoms with Gasteiger partial charge in [0.25, 0.3) is 0 Å². The number of rotatable bonds is 15. The highest BCUT2D eigenvalue weighted by Gasteiger charge is 2.21. The quantitative estimate of drug-likeness (QED) is 0.114. The predicted octanol–water partition coefficient (Wildman–Crippen LogP) is 12.3. The van der Waals surface area contributed by atoms with E-state index < -0.39 is 0 Å². The molecule has 0 saturated carbocycles. The van der Waals surface area contributed by atoms with Gasteiger partial charge in [-0.2, -0.15) is 0 Å². The van der Waals surface area contributed by atoms with Crippen LogP contribution in [0.4, 0.5) is 0 Å². The lowest BCUT2D eigenvalue weighted by molar-refractivity contribution is 0.0973. The average Bonchev–Trinajstić information content (AvgIpc) is 3.68. The van der Waals surface area contributed by atoms with Crippen molar-refractivity contribution in [3.63, 3.8) is 0 Å². The van der Waals surface area contributed by atoms with Gasteiger partial charge < -0.3 is 9.80 Å². The van der Waals surface area contributed by atoms with Crippen molar-refractivity contribution in [3.8, 4) is 0 Å². The Balaban J connectivity index is 0.000000186. The van der Waals surface area contributed by atoms with Crippen molar-refractivity contribution in [3.05, 3.63) is 68.8 Å². The third-order valence-electron chi connectivity index (χ3n) is 10.4. The smallest absolute Gasteiger partial charge is 0.174 e. The first-order chi connectivity index (χ1) is 23.0. The molecule has 0 atom stereocenters. The van der Waals surface area contributed by atoms with E-state index in [0.29, 0.717) is 6.42 Å². The molecule has 2 fully saturated rings. The molecule has 2 aliphatic heterocycles. The second-order valence-corrected chi connectivity index (χ2v) is 17.0. The number of halogens is 1. The Morgan fingerprint density at radius 1 is 0.745 bits per heavy atom. The van der Waals surface area contributed by atoms with Crippen molar-refractivity contribution < 1.29 is 4.79 Å². The van der Waals surface area contributed by atoms with Crippen LogP contribution in [0.25, 0.3) is 20.2 Å². The van der Waals surface area contributed by atoms with E-state index in [1.807, 2.05) is 23.5 Å². The number of ketones is 1. The van der Waals surface area contributed by atoms with Crippen LogP contribution in [0.15, 0.2) is 59.1 Å². The topological polar surface area (TPSA) is 23.6 Å². The zero-order valence-electron chi connectivity index (χ0n) is 29.0. The normalized spacial score (nSPS) is 16.9. The molecular formula is C41H57BrN2OS2. The zero-order valence-corrected chi connectivity index (χ0v) is 32.2. The molecule has 0 aliphatic carbocycles. The lowest BCUT2D eigenvalue weighted by Gasteiger charge is -2.31. The first-order valence-electron chi connectivity index (χ1n) is 18.7. The summed E-state index contributed by atoms with van der Waals surface area (Å²) in [5.41, 5.74) is 0. The summed E-state index contributed by atoms with van der Waals surface area (Å²) in [6, 6.07) is 19.4. The van der Waals surface area contributed by atoms with Gasteiger partial charge in [-0.3, -0.25) is 4.79 Å². The Hall–Kier alpha value is -1.57. The number of aryl methyl sites for hydroxylation is 1. The van der Waals surface area contributed by atoms with Crippen molar-refractivity contribution in [2.24, 2.45) is 11.8 Å². The van der Waals surface area contributed by atoms with Gasteiger partial charge in [0.05, 0.1) is 4.88 Å². The molecule has 0 spiro atoms. The monoisotopic (exact) mass is 736 g/mol. The number of benzene rings is 2. The van der Waals surface area contributed by atoms with Crippen LogP contribution in [0.1, 0.15) is 112 Å². The minimum Gasteiger partial charge on any atom is -0.303 e. The van der Waals surface area contributed by atoms with Crippen LogP contribution in [0.2, 0.25) is 0 Å². The number of fused-ring (bicyclic) bond motifs is 2. The molecule has 2 saturated heterocycles. The summed E-state index contributed by atoms with van der Waals surface area (Å²) in [6.07, 6.45) is 18.1. The number of carbonyl (C=O) groups excluding carboxylic acids is 1. The summed E-state index contributed by atoms with van der Waals surface area (Å²) in [5, 5.41) is 2.57. The Morgan fingerprint density at radius 2 is 1.32 bits per heavy atom. The van der Waals surface area contributed by atoms with E-state index in [2.05, 4.69) is 82.0 Å². The van der Waals surface area contributed by atoms with Gasteiger partial charge in [-0.1, -0.05) is 88.8 Å². The van der Waals surface area contributed by atoms with Crippen LogP contribution in [0.5, 0.6) is 0 Å². The predicted molar refractivity (Wildman–Crippen MR) is 211 cm³/mol. The summed E-state index contributed by atoms with van der Waals surface area (Å²) >= 11 is 7.22. The first-order valence-corrected chi connectivity index (χ1v) is 21.1. The highest BCUT2D eigenvalue weighted by molar-refractivity contribution is 9.10. The molecule has 0 unspecified atom stereocenters. The van der Waals surface area contributed by atoms with E-state index >= 15 is 0 Å². The molecule has 0 radical (unpaired) electrons. The Kier molecular flexibility index (Phi) is 15.3. The lowest BCUT2D eigenvalue weighted by Crippen LogP contribution is -2.34. The second kappa shape index (κ2) is 19.6. The van der Waals surface area contributed by atoms with Gasteiger partial charge in [-0.05, 0) is 136 Å². The van der Waals surface area contributed by atoms with E-state index in [1.54, 1.807) is 16.2 Å². The number of nitrogens with zero attached hydrogens (tertiary/aromatic N) is 2. The highest BCUT2D eigenvalue weighted by Crippen LogP contribution is 2.36. The fourth-order valence-corrected chi connectivity index (χ4v) is 10.5. The molecule has 0 N–H and O–H groups in total. The lowest BCUT2D eigenvalue weighted by atomic mass is 9.91. The molecule has 4 heterocycles. The minimum absolute atomic E-state index is 0.283. The fraction of sp³-hybridized carbons (Fsp3) is 0.585. The number of likely N-dealkylation sites (tertiary alicyclic amines) is 2. The molecule has 4 aromatic rings. The van der Waals surface area contributed by atoms with Crippen LogP contribution in [-0.4, -0.2) is 54.9 Å². The van der Waals surface area contributed by atoms with Gasteiger partial charge in [-0.25, -0.2) is 0 Å². The van der Waals surface area contributed by atoms with E-state index in [4.69, 9.17) is 0 Å². The Bertz CT molecular complexity index is 1460. The summed E-state index contributed by atoms with van der Waals surface area (Å²) in [5.74, 6) is 2.23. The van der Waals surface area contributed by atoms with Gasteiger partial charge in [-0.15, -0.1) is 22.7 Å². The maximum Gasteiger partial charge on any atom is 0.174 e. The first kappa shape index (κ1) is 36.7. The van der Waals surface area contributed by atoms with Crippen LogP contribution >= 0.6 is 38.6 Å². The molecule has 0 amide bonds. The molecule has 0 bridgehead atoms. The van der Waals surface area contributed by atoms with Crippen molar-refractivity contribution in [1.82, 2.24) is 9.80 Å². The van der Waals surface area contributed by atoms with Gasteiger partial charge in [0, 0.05) is 30.6 Å². The maximum absolute atomic E-state index is 12.6. The van der Waals surface area contributed by atoms with E-state index in [1.165, 1.54) is 125 Å². The maximum atomic E-state index is 12.6. The molecule has 2 aromatic heterocycles. The molecular weight excluding hydrogens is 681 g/mol. The van der Waals surface area contributed by atoms with Crippen LogP contribution in [0, 0.1) is 11.8 Å². The molecule has 256 valence electrons. The zero-order chi connectivity index (χ0) is 32.8. The van der Waals surface area contributed by atoms with Gasteiger partial charge >= 0.3 is 0 Å². The molecule has 47 heavy (non-hydrogen) atoms. The van der Waals surface area contributed by atoms with E-state index in [9.17, 15) is 4.79 Å². The molecule has 2 aromatic carbocycles. The number of unbranched alkanes of at least 4 members (excludes halogenated alkanes) is 2. The highest BCUT2D eigenvalue weighted by atomic mass is 79.9. The summed E-state index contributed by atoms with van der Waals surface area (Å²) in [6.45, 7) is 12.0. The van der Waals surface area contributed by atoms with Crippen LogP contribution in [0.3, 0.4) is 0 Å². The van der Waals surface area contributed by atoms with E-state index in [0.717, 1.165) is 39.5 Å². The Morgan fingerprint density at radius 3 is 1.91 bits per heavy atom. The van der Waals surface area contributed by atoms with Gasteiger partial charge in [0.1, 0.15) is 0 Å². The van der Waals surface area contributed by atoms with Crippen LogP contribution in [-0.2, 0) is 6.42 Å². The molecule has 6 heteroatoms. The van der Waals surface area contributed by atoms with Gasteiger partial charge in [0.15, 0.2) is 5.78 Å². The number of piperidine rings is 2. The number of thiophene rings is 2. The van der Waals surface area contributed by atoms with Crippen molar-refractivity contribution in [1.29, 1.82) is 0 Å². The molecule has 2 aliphatic rings. The minimum atomic E-state index is 0.283. The number of Topliss-reactive ketones (excluding diaryl/α,β-unsaturated/α-hetero) is 1. The SMILES string of the molecule is CCCCC1CCN(CCCC(=O)c2sc3ccccc3c2Br)CC1.CCCCC1CCN(CCCc2cc3ccccc3s2)CC1. The van der Waals surface area contributed by atoms with Crippen molar-refractivity contribution in [2.75, 3.05) is 39.3 Å². The second-order valence-electron chi connectivity index (χ2n) is 14.0. The van der Waals surface area contributed by atoms with Gasteiger partial charge in [0.2, 0.25) is 0 Å². The summed E-state index contributed by atoms with van der Waals surface area (Å²) in [7, 11) is 0. The molecule has 6 rings (SSSR count). The Labute approximate surface area is 301 Å². The summed E-state index contributed by atoms with van der Waals surface area (Å²) in [4.78, 5) is 20.3. The number of carbonyl (C=O) groups is 1. The fourth-order valence-electron chi connectivity index (χ4n) is 7.39. The van der Waals surface area contributed by atoms with Crippen molar-refractivity contribution >= 4 is 64.6 Å². The standard InChI is InChI=1S/C21H28BrNOS.C20H29NS/c1-2-3-7-16-11-14-23(15-12-16)13-6-9-18(24)21-20(22)17-8-4-5-10-19(17)25-21;1-2-3-7-17-11-14-21(15-12-17)13-6-9-19-16-18-8-4-5-10-20(18)22-19/h4-5,8,10,16H,2-3,6-7,9,11-15H2,1H3;4-5,8,10,16-17H,2-3,6-7,9,11-15H2,1H3. The van der Waals surface area contributed by atoms with Crippen molar-refractivity contribution in [2.45, 2.75) is 104 Å². The number of hydrogen-bond acceptors (Lipinski definition) is 5. The van der Waals surface area contributed by atoms with Crippen LogP contribution < -0.4 is 0 Å².